The summed E-state index contributed by atoms with van der Waals surface area (Å²) in [6.45, 7) is 5.22. The average molecular weight is 275 g/mol. The highest BCUT2D eigenvalue weighted by atomic mass is 32.2. The molecule has 0 bridgehead atoms. The van der Waals surface area contributed by atoms with E-state index in [0.717, 1.165) is 30.3 Å². The summed E-state index contributed by atoms with van der Waals surface area (Å²) in [6.07, 6.45) is 5.36. The fourth-order valence-corrected chi connectivity index (χ4v) is 2.27. The van der Waals surface area contributed by atoms with Crippen LogP contribution in [0.2, 0.25) is 0 Å². The number of hydrogen-bond donors (Lipinski definition) is 1. The molecule has 2 aromatic rings. The molecule has 4 heteroatoms. The normalized spacial score (nSPS) is 12.4. The Labute approximate surface area is 119 Å². The zero-order valence-corrected chi connectivity index (χ0v) is 12.6. The van der Waals surface area contributed by atoms with Crippen molar-refractivity contribution in [1.29, 1.82) is 0 Å². The predicted octanol–water partition coefficient (Wildman–Crippen LogP) is 3.73. The molecular weight excluding hydrogens is 254 g/mol. The van der Waals surface area contributed by atoms with Crippen molar-refractivity contribution in [1.82, 2.24) is 9.55 Å². The zero-order chi connectivity index (χ0) is 13.7. The van der Waals surface area contributed by atoms with Crippen LogP contribution in [0.3, 0.4) is 0 Å². The highest BCUT2D eigenvalue weighted by Gasteiger charge is 2.07. The molecule has 102 valence electrons. The first kappa shape index (κ1) is 14.0. The van der Waals surface area contributed by atoms with Gasteiger partial charge in [-0.25, -0.2) is 4.98 Å². The number of para-hydroxylation sites is 1. The highest BCUT2D eigenvalue weighted by Crippen LogP contribution is 2.17. The van der Waals surface area contributed by atoms with Crippen LogP contribution in [-0.4, -0.2) is 27.6 Å². The molecule has 1 N–H and O–H groups in total. The van der Waals surface area contributed by atoms with Crippen LogP contribution in [0.1, 0.15) is 19.0 Å². The number of nitrogens with one attached hydrogen (secondary N) is 1. The van der Waals surface area contributed by atoms with E-state index in [1.165, 1.54) is 0 Å². The maximum absolute atomic E-state index is 4.55. The van der Waals surface area contributed by atoms with Gasteiger partial charge in [-0.15, -0.1) is 0 Å². The SMILES string of the molecule is CSC(C)CCNc1nc(C)cn1-c1ccccc1. The van der Waals surface area contributed by atoms with Crippen molar-refractivity contribution in [2.24, 2.45) is 0 Å². The van der Waals surface area contributed by atoms with E-state index in [-0.39, 0.29) is 0 Å². The fraction of sp³-hybridized carbons (Fsp3) is 0.400. The second-order valence-electron chi connectivity index (χ2n) is 4.67. The maximum Gasteiger partial charge on any atom is 0.207 e. The van der Waals surface area contributed by atoms with Gasteiger partial charge in [0.25, 0.3) is 0 Å². The minimum Gasteiger partial charge on any atom is -0.355 e. The summed E-state index contributed by atoms with van der Waals surface area (Å²) in [4.78, 5) is 4.55. The first-order valence-electron chi connectivity index (χ1n) is 6.59. The van der Waals surface area contributed by atoms with Crippen molar-refractivity contribution in [2.75, 3.05) is 18.1 Å². The van der Waals surface area contributed by atoms with Gasteiger partial charge in [0, 0.05) is 23.7 Å². The molecule has 19 heavy (non-hydrogen) atoms. The van der Waals surface area contributed by atoms with Crippen molar-refractivity contribution in [3.8, 4) is 5.69 Å². The van der Waals surface area contributed by atoms with Gasteiger partial charge < -0.3 is 5.32 Å². The van der Waals surface area contributed by atoms with Crippen molar-refractivity contribution in [2.45, 2.75) is 25.5 Å². The lowest BCUT2D eigenvalue weighted by molar-refractivity contribution is 0.840. The Morgan fingerprint density at radius 3 is 2.74 bits per heavy atom. The molecule has 0 radical (unpaired) electrons. The van der Waals surface area contributed by atoms with Crippen LogP contribution in [0.4, 0.5) is 5.95 Å². The van der Waals surface area contributed by atoms with E-state index in [1.807, 2.05) is 36.9 Å². The monoisotopic (exact) mass is 275 g/mol. The van der Waals surface area contributed by atoms with Gasteiger partial charge in [-0.3, -0.25) is 4.57 Å². The van der Waals surface area contributed by atoms with Crippen LogP contribution < -0.4 is 5.32 Å². The van der Waals surface area contributed by atoms with Gasteiger partial charge in [0.05, 0.1) is 5.69 Å². The summed E-state index contributed by atoms with van der Waals surface area (Å²) >= 11 is 1.90. The van der Waals surface area contributed by atoms with Crippen molar-refractivity contribution in [3.63, 3.8) is 0 Å². The average Bonchev–Trinajstić information content (AvgIpc) is 2.80. The van der Waals surface area contributed by atoms with Crippen molar-refractivity contribution < 1.29 is 0 Å². The van der Waals surface area contributed by atoms with Crippen molar-refractivity contribution in [3.05, 3.63) is 42.2 Å². The molecule has 0 aliphatic heterocycles. The molecule has 1 aromatic heterocycles. The van der Waals surface area contributed by atoms with Crippen LogP contribution in [0.25, 0.3) is 5.69 Å². The smallest absolute Gasteiger partial charge is 0.207 e. The highest BCUT2D eigenvalue weighted by molar-refractivity contribution is 7.99. The fourth-order valence-electron chi connectivity index (χ4n) is 1.91. The van der Waals surface area contributed by atoms with Crippen LogP contribution in [-0.2, 0) is 0 Å². The van der Waals surface area contributed by atoms with E-state index in [0.29, 0.717) is 5.25 Å². The molecule has 0 aliphatic rings. The van der Waals surface area contributed by atoms with Gasteiger partial charge >= 0.3 is 0 Å². The van der Waals surface area contributed by atoms with E-state index in [2.05, 4.69) is 46.4 Å². The Morgan fingerprint density at radius 1 is 1.32 bits per heavy atom. The first-order valence-corrected chi connectivity index (χ1v) is 7.87. The van der Waals surface area contributed by atoms with Crippen molar-refractivity contribution >= 4 is 17.7 Å². The van der Waals surface area contributed by atoms with Gasteiger partial charge in [-0.2, -0.15) is 11.8 Å². The van der Waals surface area contributed by atoms with Crippen LogP contribution in [0, 0.1) is 6.92 Å². The predicted molar refractivity (Wildman–Crippen MR) is 84.4 cm³/mol. The number of anilines is 1. The lowest BCUT2D eigenvalue weighted by Gasteiger charge is -2.11. The molecule has 1 heterocycles. The molecule has 0 saturated carbocycles. The number of thioether (sulfide) groups is 1. The van der Waals surface area contributed by atoms with E-state index < -0.39 is 0 Å². The Balaban J connectivity index is 2.09. The molecule has 2 rings (SSSR count). The molecule has 0 aliphatic carbocycles. The summed E-state index contributed by atoms with van der Waals surface area (Å²) in [5.41, 5.74) is 2.17. The second kappa shape index (κ2) is 6.66. The molecule has 1 aromatic carbocycles. The quantitative estimate of drug-likeness (QED) is 0.871. The summed E-state index contributed by atoms with van der Waals surface area (Å²) in [5, 5.41) is 4.11. The van der Waals surface area contributed by atoms with Gasteiger partial charge in [-0.1, -0.05) is 25.1 Å². The Morgan fingerprint density at radius 2 is 2.05 bits per heavy atom. The third kappa shape index (κ3) is 3.77. The number of aryl methyl sites for hydroxylation is 1. The summed E-state index contributed by atoms with van der Waals surface area (Å²) < 4.78 is 2.11. The third-order valence-electron chi connectivity index (χ3n) is 3.10. The van der Waals surface area contributed by atoms with Gasteiger partial charge in [-0.05, 0) is 31.7 Å². The number of imidazole rings is 1. The van der Waals surface area contributed by atoms with E-state index >= 15 is 0 Å². The topological polar surface area (TPSA) is 29.9 Å². The zero-order valence-electron chi connectivity index (χ0n) is 11.8. The standard InChI is InChI=1S/C15H21N3S/c1-12-11-18(14-7-5-4-6-8-14)15(17-12)16-10-9-13(2)19-3/h4-8,11,13H,9-10H2,1-3H3,(H,16,17). The minimum atomic E-state index is 0.675. The Bertz CT molecular complexity index is 507. The van der Waals surface area contributed by atoms with Crippen LogP contribution in [0.5, 0.6) is 0 Å². The largest absolute Gasteiger partial charge is 0.355 e. The first-order chi connectivity index (χ1) is 9.20. The molecular formula is C15H21N3S. The summed E-state index contributed by atoms with van der Waals surface area (Å²) in [5.74, 6) is 0.928. The Kier molecular flexibility index (Phi) is 4.91. The number of hydrogen-bond acceptors (Lipinski definition) is 3. The lowest BCUT2D eigenvalue weighted by atomic mass is 10.3. The van der Waals surface area contributed by atoms with Gasteiger partial charge in [0.2, 0.25) is 5.95 Å². The molecule has 0 fully saturated rings. The van der Waals surface area contributed by atoms with Crippen LogP contribution >= 0.6 is 11.8 Å². The van der Waals surface area contributed by atoms with E-state index in [4.69, 9.17) is 0 Å². The van der Waals surface area contributed by atoms with E-state index in [1.54, 1.807) is 0 Å². The molecule has 0 spiro atoms. The number of rotatable bonds is 6. The van der Waals surface area contributed by atoms with Gasteiger partial charge in [0.15, 0.2) is 0 Å². The minimum absolute atomic E-state index is 0.675. The van der Waals surface area contributed by atoms with Gasteiger partial charge in [0.1, 0.15) is 0 Å². The molecule has 1 atom stereocenters. The number of nitrogens with zero attached hydrogens (tertiary/aromatic N) is 2. The molecule has 0 saturated heterocycles. The lowest BCUT2D eigenvalue weighted by Crippen LogP contribution is -2.11. The third-order valence-corrected chi connectivity index (χ3v) is 4.14. The number of aromatic nitrogens is 2. The number of benzene rings is 1. The second-order valence-corrected chi connectivity index (χ2v) is 5.95. The summed E-state index contributed by atoms with van der Waals surface area (Å²) in [7, 11) is 0. The van der Waals surface area contributed by atoms with Crippen LogP contribution in [0.15, 0.2) is 36.5 Å². The molecule has 1 unspecified atom stereocenters. The molecule has 3 nitrogen and oxygen atoms in total. The maximum atomic E-state index is 4.55. The summed E-state index contributed by atoms with van der Waals surface area (Å²) in [6, 6.07) is 10.3. The van der Waals surface area contributed by atoms with E-state index in [9.17, 15) is 0 Å². The molecule has 0 amide bonds. The Hall–Kier alpha value is -1.42.